The molecule has 1 N–H and O–H groups in total. The summed E-state index contributed by atoms with van der Waals surface area (Å²) >= 11 is 0. The molecule has 0 amide bonds. The lowest BCUT2D eigenvalue weighted by Crippen LogP contribution is -2.35. The molecule has 1 unspecified atom stereocenters. The number of nitrogens with zero attached hydrogens (tertiary/aromatic N) is 1. The highest BCUT2D eigenvalue weighted by Crippen LogP contribution is 2.45. The van der Waals surface area contributed by atoms with Crippen molar-refractivity contribution in [3.05, 3.63) is 64.7 Å². The predicted octanol–water partition coefficient (Wildman–Crippen LogP) is 6.69. The molecule has 1 saturated carbocycles. The molecule has 202 valence electrons. The van der Waals surface area contributed by atoms with Gasteiger partial charge in [-0.2, -0.15) is 26.3 Å². The zero-order chi connectivity index (χ0) is 27.0. The van der Waals surface area contributed by atoms with Crippen LogP contribution in [0.4, 0.5) is 30.7 Å². The van der Waals surface area contributed by atoms with Gasteiger partial charge in [0.1, 0.15) is 12.4 Å². The van der Waals surface area contributed by atoms with E-state index in [1.165, 1.54) is 4.90 Å². The molecule has 11 heteroatoms. The Morgan fingerprint density at radius 3 is 2.43 bits per heavy atom. The van der Waals surface area contributed by atoms with E-state index in [4.69, 9.17) is 4.74 Å². The molecule has 1 aliphatic heterocycles. The first-order valence-corrected chi connectivity index (χ1v) is 11.9. The first-order chi connectivity index (χ1) is 17.2. The van der Waals surface area contributed by atoms with E-state index in [0.717, 1.165) is 18.4 Å². The highest BCUT2D eigenvalue weighted by molar-refractivity contribution is 5.68. The maximum absolute atomic E-state index is 15.5. The van der Waals surface area contributed by atoms with Crippen LogP contribution in [0.2, 0.25) is 0 Å². The smallest absolute Gasteiger partial charge is 0.416 e. The van der Waals surface area contributed by atoms with Crippen LogP contribution in [-0.4, -0.2) is 41.3 Å². The van der Waals surface area contributed by atoms with Crippen molar-refractivity contribution < 1.29 is 45.4 Å². The summed E-state index contributed by atoms with van der Waals surface area (Å²) in [7, 11) is 0. The number of rotatable bonds is 9. The Kier molecular flexibility index (Phi) is 7.47. The van der Waals surface area contributed by atoms with E-state index in [0.29, 0.717) is 23.9 Å². The molecule has 4 rings (SSSR count). The van der Waals surface area contributed by atoms with Crippen LogP contribution in [0.5, 0.6) is 5.75 Å². The minimum absolute atomic E-state index is 0.0222. The zero-order valence-electron chi connectivity index (χ0n) is 19.7. The molecule has 1 saturated heterocycles. The van der Waals surface area contributed by atoms with E-state index in [1.54, 1.807) is 24.3 Å². The number of ether oxygens (including phenoxy) is 1. The largest absolute Gasteiger partial charge is 0.490 e. The molecule has 0 spiro atoms. The van der Waals surface area contributed by atoms with Gasteiger partial charge in [-0.1, -0.05) is 12.1 Å². The fraction of sp³-hybridized carbons (Fsp3) is 0.500. The Labute approximate surface area is 209 Å². The SMILES string of the molecule is O=C(O)C[C@H](c1cccc(OCC2(F)CCN(Cc3cc(C(F)(F)F)ccc3C(F)(F)F)C2)c1)C1CC1. The summed E-state index contributed by atoms with van der Waals surface area (Å²) in [5, 5.41) is 9.22. The third-order valence-electron chi connectivity index (χ3n) is 6.88. The topological polar surface area (TPSA) is 49.8 Å². The molecular formula is C26H26F7NO3. The van der Waals surface area contributed by atoms with Gasteiger partial charge < -0.3 is 9.84 Å². The fourth-order valence-electron chi connectivity index (χ4n) is 4.88. The van der Waals surface area contributed by atoms with Crippen LogP contribution in [-0.2, 0) is 23.7 Å². The maximum Gasteiger partial charge on any atom is 0.416 e. The van der Waals surface area contributed by atoms with Gasteiger partial charge in [0.2, 0.25) is 0 Å². The first-order valence-electron chi connectivity index (χ1n) is 11.9. The van der Waals surface area contributed by atoms with E-state index >= 15 is 4.39 Å². The molecule has 0 aromatic heterocycles. The maximum atomic E-state index is 15.5. The molecule has 0 radical (unpaired) electrons. The molecule has 1 heterocycles. The minimum Gasteiger partial charge on any atom is -0.490 e. The molecule has 4 nitrogen and oxygen atoms in total. The molecule has 0 bridgehead atoms. The van der Waals surface area contributed by atoms with Gasteiger partial charge in [-0.3, -0.25) is 9.69 Å². The normalized spacial score (nSPS) is 21.7. The van der Waals surface area contributed by atoms with Crippen LogP contribution in [0.1, 0.15) is 53.9 Å². The van der Waals surface area contributed by atoms with Crippen molar-refractivity contribution in [2.45, 2.75) is 56.2 Å². The first kappa shape index (κ1) is 27.2. The number of benzene rings is 2. The van der Waals surface area contributed by atoms with Gasteiger partial charge in [0.25, 0.3) is 0 Å². The molecule has 2 aliphatic rings. The van der Waals surface area contributed by atoms with E-state index in [2.05, 4.69) is 0 Å². The number of hydrogen-bond donors (Lipinski definition) is 1. The lowest BCUT2D eigenvalue weighted by molar-refractivity contribution is -0.142. The number of likely N-dealkylation sites (tertiary alicyclic amines) is 1. The fourth-order valence-corrected chi connectivity index (χ4v) is 4.88. The number of aliphatic carboxylic acids is 1. The summed E-state index contributed by atoms with van der Waals surface area (Å²) < 4.78 is 101. The summed E-state index contributed by atoms with van der Waals surface area (Å²) in [5.74, 6) is -0.454. The quantitative estimate of drug-likeness (QED) is 0.365. The van der Waals surface area contributed by atoms with Crippen LogP contribution in [0.15, 0.2) is 42.5 Å². The summed E-state index contributed by atoms with van der Waals surface area (Å²) in [6.07, 6.45) is -7.86. The molecule has 37 heavy (non-hydrogen) atoms. The molecular weight excluding hydrogens is 507 g/mol. The highest BCUT2D eigenvalue weighted by Gasteiger charge is 2.42. The average molecular weight is 533 g/mol. The van der Waals surface area contributed by atoms with Crippen LogP contribution < -0.4 is 4.74 Å². The number of carbonyl (C=O) groups is 1. The second-order valence-electron chi connectivity index (χ2n) is 9.88. The summed E-state index contributed by atoms with van der Waals surface area (Å²) in [5.41, 5.74) is -4.07. The Bertz CT molecular complexity index is 1130. The summed E-state index contributed by atoms with van der Waals surface area (Å²) in [6, 6.07) is 8.06. The van der Waals surface area contributed by atoms with Crippen molar-refractivity contribution in [3.63, 3.8) is 0 Å². The second-order valence-corrected chi connectivity index (χ2v) is 9.88. The Hall–Kier alpha value is -2.82. The number of carboxylic acid groups (broad SMARTS) is 1. The van der Waals surface area contributed by atoms with Crippen molar-refractivity contribution >= 4 is 5.97 Å². The van der Waals surface area contributed by atoms with Crippen molar-refractivity contribution in [2.75, 3.05) is 19.7 Å². The van der Waals surface area contributed by atoms with E-state index in [9.17, 15) is 36.2 Å². The monoisotopic (exact) mass is 533 g/mol. The number of alkyl halides is 7. The number of hydrogen-bond acceptors (Lipinski definition) is 3. The lowest BCUT2D eigenvalue weighted by Gasteiger charge is -2.23. The zero-order valence-corrected chi connectivity index (χ0v) is 19.7. The number of halogens is 7. The van der Waals surface area contributed by atoms with Crippen LogP contribution in [0.25, 0.3) is 0 Å². The highest BCUT2D eigenvalue weighted by atomic mass is 19.4. The molecule has 2 atom stereocenters. The van der Waals surface area contributed by atoms with Gasteiger partial charge in [-0.05, 0) is 72.6 Å². The van der Waals surface area contributed by atoms with Crippen molar-refractivity contribution in [1.29, 1.82) is 0 Å². The summed E-state index contributed by atoms with van der Waals surface area (Å²) in [4.78, 5) is 12.6. The third kappa shape index (κ3) is 6.94. The van der Waals surface area contributed by atoms with Crippen molar-refractivity contribution in [2.24, 2.45) is 5.92 Å². The lowest BCUT2D eigenvalue weighted by atomic mass is 9.91. The Morgan fingerprint density at radius 2 is 1.81 bits per heavy atom. The summed E-state index contributed by atoms with van der Waals surface area (Å²) in [6.45, 7) is -1.13. The third-order valence-corrected chi connectivity index (χ3v) is 6.88. The molecule has 2 aromatic carbocycles. The van der Waals surface area contributed by atoms with Gasteiger partial charge in [0.05, 0.1) is 17.5 Å². The van der Waals surface area contributed by atoms with Gasteiger partial charge in [-0.25, -0.2) is 4.39 Å². The molecule has 2 fully saturated rings. The van der Waals surface area contributed by atoms with Crippen LogP contribution in [0, 0.1) is 5.92 Å². The Balaban J connectivity index is 1.42. The van der Waals surface area contributed by atoms with E-state index < -0.39 is 53.8 Å². The van der Waals surface area contributed by atoms with Crippen molar-refractivity contribution in [3.8, 4) is 5.75 Å². The second kappa shape index (κ2) is 10.2. The van der Waals surface area contributed by atoms with Gasteiger partial charge in [0, 0.05) is 19.6 Å². The van der Waals surface area contributed by atoms with Gasteiger partial charge >= 0.3 is 18.3 Å². The molecule has 2 aromatic rings. The van der Waals surface area contributed by atoms with Crippen molar-refractivity contribution in [1.82, 2.24) is 4.90 Å². The Morgan fingerprint density at radius 1 is 1.08 bits per heavy atom. The van der Waals surface area contributed by atoms with E-state index in [1.807, 2.05) is 0 Å². The van der Waals surface area contributed by atoms with Crippen LogP contribution in [0.3, 0.4) is 0 Å². The van der Waals surface area contributed by atoms with Crippen LogP contribution >= 0.6 is 0 Å². The van der Waals surface area contributed by atoms with Gasteiger partial charge in [0.15, 0.2) is 5.67 Å². The average Bonchev–Trinajstić information content (AvgIpc) is 3.58. The van der Waals surface area contributed by atoms with Gasteiger partial charge in [-0.15, -0.1) is 0 Å². The predicted molar refractivity (Wildman–Crippen MR) is 120 cm³/mol. The molecule has 1 aliphatic carbocycles. The minimum atomic E-state index is -4.85. The van der Waals surface area contributed by atoms with E-state index in [-0.39, 0.29) is 37.8 Å². The standard InChI is InChI=1S/C26H26F7NO3/c27-24(15-37-20-3-1-2-17(11-20)21(12-23(35)36)16-4-5-16)8-9-34(14-24)13-18-10-19(25(28,29)30)6-7-22(18)26(31,32)33/h1-3,6-7,10-11,16,21H,4-5,8-9,12-15H2,(H,35,36)/t21-,24?/m0/s1. The number of carboxylic acids is 1.